The van der Waals surface area contributed by atoms with Crippen molar-refractivity contribution in [2.45, 2.75) is 32.2 Å². The minimum atomic E-state index is 0.306. The Morgan fingerprint density at radius 2 is 2.21 bits per heavy atom. The van der Waals surface area contributed by atoms with E-state index in [2.05, 4.69) is 21.1 Å². The van der Waals surface area contributed by atoms with Gasteiger partial charge in [-0.1, -0.05) is 0 Å². The summed E-state index contributed by atoms with van der Waals surface area (Å²) in [5.41, 5.74) is 9.11. The van der Waals surface area contributed by atoms with Crippen molar-refractivity contribution >= 4 is 0 Å². The van der Waals surface area contributed by atoms with E-state index in [1.54, 1.807) is 18.1 Å². The first-order chi connectivity index (χ1) is 9.26. The highest BCUT2D eigenvalue weighted by atomic mass is 16.5. The van der Waals surface area contributed by atoms with Gasteiger partial charge in [-0.15, -0.1) is 5.10 Å². The molecule has 1 aliphatic rings. The van der Waals surface area contributed by atoms with Crippen molar-refractivity contribution in [3.8, 4) is 11.9 Å². The summed E-state index contributed by atoms with van der Waals surface area (Å²) in [6.07, 6.45) is 6.09. The molecular weight excluding hydrogens is 242 g/mol. The van der Waals surface area contributed by atoms with Gasteiger partial charge in [0.05, 0.1) is 0 Å². The molecule has 0 atom stereocenters. The number of aromatic nitrogens is 4. The summed E-state index contributed by atoms with van der Waals surface area (Å²) in [5.74, 6) is 0.536. The first kappa shape index (κ1) is 12.1. The number of nitrogens with two attached hydrogens (primary N) is 1. The zero-order valence-electron chi connectivity index (χ0n) is 11.0. The molecule has 0 spiro atoms. The molecule has 0 aromatic carbocycles. The SMILES string of the molecule is Cn1cnc(Oc2nc3c(cc2CN)CCCC3)n1. The first-order valence-electron chi connectivity index (χ1n) is 6.51. The van der Waals surface area contributed by atoms with Crippen molar-refractivity contribution in [1.82, 2.24) is 19.7 Å². The van der Waals surface area contributed by atoms with Gasteiger partial charge in [-0.25, -0.2) is 4.98 Å². The number of pyridine rings is 1. The topological polar surface area (TPSA) is 78.8 Å². The molecule has 6 heteroatoms. The van der Waals surface area contributed by atoms with Crippen LogP contribution in [0.25, 0.3) is 0 Å². The quantitative estimate of drug-likeness (QED) is 0.899. The van der Waals surface area contributed by atoms with Crippen LogP contribution in [-0.4, -0.2) is 19.7 Å². The predicted octanol–water partition coefficient (Wildman–Crippen LogP) is 1.34. The van der Waals surface area contributed by atoms with Crippen LogP contribution >= 0.6 is 0 Å². The normalized spacial score (nSPS) is 14.2. The van der Waals surface area contributed by atoms with Gasteiger partial charge in [-0.05, 0) is 37.3 Å². The third kappa shape index (κ3) is 2.44. The van der Waals surface area contributed by atoms with Gasteiger partial charge in [0.25, 0.3) is 0 Å². The molecule has 0 aliphatic heterocycles. The molecule has 0 radical (unpaired) electrons. The lowest BCUT2D eigenvalue weighted by Crippen LogP contribution is -2.10. The van der Waals surface area contributed by atoms with E-state index in [0.29, 0.717) is 18.4 Å². The largest absolute Gasteiger partial charge is 0.404 e. The number of fused-ring (bicyclic) bond motifs is 1. The van der Waals surface area contributed by atoms with Crippen LogP contribution < -0.4 is 10.5 Å². The summed E-state index contributed by atoms with van der Waals surface area (Å²) in [7, 11) is 1.80. The van der Waals surface area contributed by atoms with E-state index in [0.717, 1.165) is 24.1 Å². The van der Waals surface area contributed by atoms with Gasteiger partial charge >= 0.3 is 6.01 Å². The fraction of sp³-hybridized carbons (Fsp3) is 0.462. The minimum Gasteiger partial charge on any atom is -0.404 e. The molecule has 0 saturated heterocycles. The highest BCUT2D eigenvalue weighted by Gasteiger charge is 2.16. The van der Waals surface area contributed by atoms with Crippen LogP contribution in [0.1, 0.15) is 29.7 Å². The summed E-state index contributed by atoms with van der Waals surface area (Å²) >= 11 is 0. The second-order valence-corrected chi connectivity index (χ2v) is 4.77. The van der Waals surface area contributed by atoms with Crippen LogP contribution in [0.2, 0.25) is 0 Å². The molecule has 0 unspecified atom stereocenters. The van der Waals surface area contributed by atoms with Crippen LogP contribution in [0.5, 0.6) is 11.9 Å². The van der Waals surface area contributed by atoms with Gasteiger partial charge in [0.1, 0.15) is 6.33 Å². The minimum absolute atomic E-state index is 0.306. The lowest BCUT2D eigenvalue weighted by atomic mass is 9.95. The van der Waals surface area contributed by atoms with Crippen LogP contribution in [-0.2, 0) is 26.4 Å². The lowest BCUT2D eigenvalue weighted by molar-refractivity contribution is 0.413. The van der Waals surface area contributed by atoms with E-state index in [9.17, 15) is 0 Å². The van der Waals surface area contributed by atoms with Crippen molar-refractivity contribution < 1.29 is 4.74 Å². The molecule has 100 valence electrons. The number of aryl methyl sites for hydroxylation is 3. The summed E-state index contributed by atoms with van der Waals surface area (Å²) in [5, 5.41) is 4.10. The molecule has 2 N–H and O–H groups in total. The lowest BCUT2D eigenvalue weighted by Gasteiger charge is -2.17. The molecule has 0 amide bonds. The maximum absolute atomic E-state index is 5.78. The zero-order valence-corrected chi connectivity index (χ0v) is 11.0. The van der Waals surface area contributed by atoms with Crippen LogP contribution in [0.15, 0.2) is 12.4 Å². The van der Waals surface area contributed by atoms with Gasteiger partial charge in [-0.2, -0.15) is 4.98 Å². The van der Waals surface area contributed by atoms with Gasteiger partial charge in [0.15, 0.2) is 0 Å². The van der Waals surface area contributed by atoms with Crippen molar-refractivity contribution in [2.24, 2.45) is 12.8 Å². The van der Waals surface area contributed by atoms with E-state index in [-0.39, 0.29) is 0 Å². The van der Waals surface area contributed by atoms with E-state index in [4.69, 9.17) is 10.5 Å². The Morgan fingerprint density at radius 3 is 2.95 bits per heavy atom. The monoisotopic (exact) mass is 259 g/mol. The first-order valence-corrected chi connectivity index (χ1v) is 6.51. The summed E-state index contributed by atoms with van der Waals surface area (Å²) in [6, 6.07) is 2.42. The second kappa shape index (κ2) is 4.97. The Balaban J connectivity index is 1.95. The molecule has 2 aromatic rings. The molecule has 0 saturated carbocycles. The van der Waals surface area contributed by atoms with Crippen molar-refractivity contribution in [3.05, 3.63) is 29.2 Å². The molecule has 6 nitrogen and oxygen atoms in total. The zero-order chi connectivity index (χ0) is 13.2. The average molecular weight is 259 g/mol. The standard InChI is InChI=1S/C13H17N5O/c1-18-8-15-13(17-18)19-12-10(7-14)6-9-4-2-3-5-11(9)16-12/h6,8H,2-5,7,14H2,1H3. The summed E-state index contributed by atoms with van der Waals surface area (Å²) < 4.78 is 7.25. The number of nitrogens with zero attached hydrogens (tertiary/aromatic N) is 4. The fourth-order valence-corrected chi connectivity index (χ4v) is 2.35. The number of ether oxygens (including phenoxy) is 1. The molecule has 0 bridgehead atoms. The second-order valence-electron chi connectivity index (χ2n) is 4.77. The molecule has 2 aromatic heterocycles. The van der Waals surface area contributed by atoms with E-state index >= 15 is 0 Å². The van der Waals surface area contributed by atoms with Crippen LogP contribution in [0, 0.1) is 0 Å². The van der Waals surface area contributed by atoms with E-state index in [1.807, 2.05) is 0 Å². The number of rotatable bonds is 3. The predicted molar refractivity (Wildman–Crippen MR) is 69.8 cm³/mol. The van der Waals surface area contributed by atoms with Crippen LogP contribution in [0.3, 0.4) is 0 Å². The Kier molecular flexibility index (Phi) is 3.16. The van der Waals surface area contributed by atoms with E-state index < -0.39 is 0 Å². The van der Waals surface area contributed by atoms with Crippen molar-refractivity contribution in [2.75, 3.05) is 0 Å². The van der Waals surface area contributed by atoms with Crippen molar-refractivity contribution in [1.29, 1.82) is 0 Å². The Bertz CT molecular complexity index is 593. The van der Waals surface area contributed by atoms with E-state index in [1.165, 1.54) is 18.4 Å². The number of hydrogen-bond donors (Lipinski definition) is 1. The third-order valence-electron chi connectivity index (χ3n) is 3.33. The summed E-state index contributed by atoms with van der Waals surface area (Å²) in [6.45, 7) is 0.405. The van der Waals surface area contributed by atoms with Crippen LogP contribution in [0.4, 0.5) is 0 Å². The van der Waals surface area contributed by atoms with Gasteiger partial charge in [0, 0.05) is 24.8 Å². The highest BCUT2D eigenvalue weighted by Crippen LogP contribution is 2.27. The molecular formula is C13H17N5O. The van der Waals surface area contributed by atoms with Gasteiger partial charge in [-0.3, -0.25) is 4.68 Å². The average Bonchev–Trinajstić information content (AvgIpc) is 2.83. The Hall–Kier alpha value is -1.95. The fourth-order valence-electron chi connectivity index (χ4n) is 2.35. The van der Waals surface area contributed by atoms with Gasteiger partial charge < -0.3 is 10.5 Å². The third-order valence-corrected chi connectivity index (χ3v) is 3.33. The Morgan fingerprint density at radius 1 is 1.37 bits per heavy atom. The van der Waals surface area contributed by atoms with Crippen molar-refractivity contribution in [3.63, 3.8) is 0 Å². The number of hydrogen-bond acceptors (Lipinski definition) is 5. The molecule has 3 rings (SSSR count). The smallest absolute Gasteiger partial charge is 0.342 e. The Labute approximate surface area is 111 Å². The maximum atomic E-state index is 5.78. The highest BCUT2D eigenvalue weighted by molar-refractivity contribution is 5.36. The molecule has 19 heavy (non-hydrogen) atoms. The van der Waals surface area contributed by atoms with Gasteiger partial charge in [0.2, 0.25) is 5.88 Å². The molecule has 1 aliphatic carbocycles. The maximum Gasteiger partial charge on any atom is 0.342 e. The molecule has 2 heterocycles. The molecule has 0 fully saturated rings. The summed E-state index contributed by atoms with van der Waals surface area (Å²) in [4.78, 5) is 8.64.